The van der Waals surface area contributed by atoms with Crippen molar-refractivity contribution in [2.24, 2.45) is 0 Å². The lowest BCUT2D eigenvalue weighted by atomic mass is 10.2. The minimum Gasteiger partial charge on any atom is -0.496 e. The first kappa shape index (κ1) is 20.1. The number of rotatable bonds is 8. The number of thioether (sulfide) groups is 1. The Morgan fingerprint density at radius 2 is 2.10 bits per heavy atom. The van der Waals surface area contributed by atoms with Crippen LogP contribution < -0.4 is 9.47 Å². The number of methoxy groups -OCH3 is 1. The van der Waals surface area contributed by atoms with Gasteiger partial charge in [0.2, 0.25) is 5.16 Å². The van der Waals surface area contributed by atoms with Gasteiger partial charge in [-0.1, -0.05) is 35.5 Å². The summed E-state index contributed by atoms with van der Waals surface area (Å²) in [5.41, 5.74) is 1.96. The van der Waals surface area contributed by atoms with Gasteiger partial charge in [0.25, 0.3) is 0 Å². The minimum atomic E-state index is 0.225. The smallest absolute Gasteiger partial charge is 0.209 e. The van der Waals surface area contributed by atoms with E-state index in [1.165, 1.54) is 5.56 Å². The number of halogens is 1. The fraction of sp³-hybridized carbons (Fsp3) is 0.333. The van der Waals surface area contributed by atoms with Gasteiger partial charge < -0.3 is 14.2 Å². The van der Waals surface area contributed by atoms with Gasteiger partial charge in [-0.2, -0.15) is 0 Å². The second kappa shape index (κ2) is 9.52. The molecule has 0 spiro atoms. The highest BCUT2D eigenvalue weighted by atomic mass is 35.5. The van der Waals surface area contributed by atoms with Crippen LogP contribution in [0.3, 0.4) is 0 Å². The van der Waals surface area contributed by atoms with E-state index in [-0.39, 0.29) is 6.10 Å². The molecule has 152 valence electrons. The quantitative estimate of drug-likeness (QED) is 0.507. The van der Waals surface area contributed by atoms with Crippen molar-refractivity contribution in [1.82, 2.24) is 15.2 Å². The molecule has 0 radical (unpaired) electrons. The molecule has 1 saturated heterocycles. The second-order valence-electron chi connectivity index (χ2n) is 6.69. The summed E-state index contributed by atoms with van der Waals surface area (Å²) in [6, 6.07) is 13.5. The van der Waals surface area contributed by atoms with Crippen molar-refractivity contribution in [3.63, 3.8) is 0 Å². The standard InChI is InChI=1S/C21H22ClN3O3S/c1-26-19-9-6-15(22)11-18(19)20-23-21(25-24-20)29-13-14-4-7-16(8-5-14)28-12-17-3-2-10-27-17/h4-9,11,17H,2-3,10,12-13H2,1H3,(H,23,24,25). The lowest BCUT2D eigenvalue weighted by molar-refractivity contribution is 0.0679. The molecule has 8 heteroatoms. The summed E-state index contributed by atoms with van der Waals surface area (Å²) in [7, 11) is 1.62. The predicted molar refractivity (Wildman–Crippen MR) is 114 cm³/mol. The number of H-pyrrole nitrogens is 1. The van der Waals surface area contributed by atoms with E-state index < -0.39 is 0 Å². The number of hydrogen-bond acceptors (Lipinski definition) is 6. The number of benzene rings is 2. The molecule has 1 aromatic heterocycles. The van der Waals surface area contributed by atoms with E-state index in [1.807, 2.05) is 24.3 Å². The van der Waals surface area contributed by atoms with Gasteiger partial charge in [0, 0.05) is 17.4 Å². The molecule has 4 rings (SSSR count). The fourth-order valence-electron chi connectivity index (χ4n) is 3.09. The molecule has 0 amide bonds. The van der Waals surface area contributed by atoms with Crippen molar-refractivity contribution >= 4 is 23.4 Å². The van der Waals surface area contributed by atoms with E-state index in [4.69, 9.17) is 25.8 Å². The molecule has 3 aromatic rings. The lowest BCUT2D eigenvalue weighted by Crippen LogP contribution is -2.16. The summed E-state index contributed by atoms with van der Waals surface area (Å²) >= 11 is 7.66. The molecule has 1 aliphatic rings. The van der Waals surface area contributed by atoms with Gasteiger partial charge in [-0.15, -0.1) is 5.10 Å². The van der Waals surface area contributed by atoms with E-state index in [2.05, 4.69) is 27.3 Å². The van der Waals surface area contributed by atoms with Crippen LogP contribution in [0, 0.1) is 0 Å². The molecule has 2 aromatic carbocycles. The van der Waals surface area contributed by atoms with Crippen LogP contribution in [0.2, 0.25) is 5.02 Å². The van der Waals surface area contributed by atoms with Crippen molar-refractivity contribution < 1.29 is 14.2 Å². The molecule has 2 heterocycles. The van der Waals surface area contributed by atoms with Crippen LogP contribution in [0.15, 0.2) is 47.6 Å². The topological polar surface area (TPSA) is 69.3 Å². The van der Waals surface area contributed by atoms with Gasteiger partial charge in [0.15, 0.2) is 5.82 Å². The Labute approximate surface area is 178 Å². The van der Waals surface area contributed by atoms with Gasteiger partial charge in [-0.05, 0) is 48.7 Å². The van der Waals surface area contributed by atoms with Crippen molar-refractivity contribution in [3.8, 4) is 22.9 Å². The van der Waals surface area contributed by atoms with Crippen LogP contribution in [0.25, 0.3) is 11.4 Å². The number of ether oxygens (including phenoxy) is 3. The van der Waals surface area contributed by atoms with Gasteiger partial charge in [0.05, 0.1) is 18.8 Å². The summed E-state index contributed by atoms with van der Waals surface area (Å²) in [6.07, 6.45) is 2.43. The first-order valence-electron chi connectivity index (χ1n) is 9.44. The number of nitrogens with one attached hydrogen (secondary N) is 1. The summed E-state index contributed by atoms with van der Waals surface area (Å²) < 4.78 is 16.8. The molecule has 0 saturated carbocycles. The van der Waals surface area contributed by atoms with E-state index in [9.17, 15) is 0 Å². The maximum absolute atomic E-state index is 6.10. The first-order chi connectivity index (χ1) is 14.2. The Bertz CT molecular complexity index is 943. The highest BCUT2D eigenvalue weighted by molar-refractivity contribution is 7.98. The highest BCUT2D eigenvalue weighted by Gasteiger charge is 2.16. The van der Waals surface area contributed by atoms with Crippen LogP contribution in [0.1, 0.15) is 18.4 Å². The summed E-state index contributed by atoms with van der Waals surface area (Å²) in [5.74, 6) is 2.95. The summed E-state index contributed by atoms with van der Waals surface area (Å²) in [5, 5.41) is 8.54. The maximum atomic E-state index is 6.10. The van der Waals surface area contributed by atoms with Gasteiger partial charge in [-0.3, -0.25) is 5.10 Å². The third-order valence-corrected chi connectivity index (χ3v) is 5.79. The highest BCUT2D eigenvalue weighted by Crippen LogP contribution is 2.31. The maximum Gasteiger partial charge on any atom is 0.209 e. The SMILES string of the molecule is COc1ccc(Cl)cc1-c1nc(SCc2ccc(OCC3CCCO3)cc2)n[nH]1. The lowest BCUT2D eigenvalue weighted by Gasteiger charge is -2.11. The first-order valence-corrected chi connectivity index (χ1v) is 10.8. The molecule has 0 aliphatic carbocycles. The van der Waals surface area contributed by atoms with E-state index in [0.29, 0.717) is 28.4 Å². The Hall–Kier alpha value is -2.22. The van der Waals surface area contributed by atoms with E-state index in [0.717, 1.165) is 36.5 Å². The zero-order chi connectivity index (χ0) is 20.1. The normalized spacial score (nSPS) is 16.1. The molecule has 0 bridgehead atoms. The average molecular weight is 432 g/mol. The molecule has 6 nitrogen and oxygen atoms in total. The third-order valence-electron chi connectivity index (χ3n) is 4.63. The molecule has 1 N–H and O–H groups in total. The fourth-order valence-corrected chi connectivity index (χ4v) is 4.02. The molecule has 1 unspecified atom stereocenters. The Balaban J connectivity index is 1.33. The summed E-state index contributed by atoms with van der Waals surface area (Å²) in [6.45, 7) is 1.46. The Morgan fingerprint density at radius 3 is 2.86 bits per heavy atom. The van der Waals surface area contributed by atoms with Crippen LogP contribution in [-0.2, 0) is 10.5 Å². The van der Waals surface area contributed by atoms with Crippen molar-refractivity contribution in [3.05, 3.63) is 53.1 Å². The van der Waals surface area contributed by atoms with E-state index in [1.54, 1.807) is 24.9 Å². The van der Waals surface area contributed by atoms with Crippen molar-refractivity contribution in [1.29, 1.82) is 0 Å². The molecule has 1 fully saturated rings. The Kier molecular flexibility index (Phi) is 6.59. The predicted octanol–water partition coefficient (Wildman–Crippen LogP) is 4.98. The van der Waals surface area contributed by atoms with E-state index >= 15 is 0 Å². The third kappa shape index (κ3) is 5.23. The molecule has 1 atom stereocenters. The Morgan fingerprint density at radius 1 is 1.24 bits per heavy atom. The summed E-state index contributed by atoms with van der Waals surface area (Å²) in [4.78, 5) is 4.56. The number of aromatic amines is 1. The number of nitrogens with zero attached hydrogens (tertiary/aromatic N) is 2. The molecule has 29 heavy (non-hydrogen) atoms. The number of aromatic nitrogens is 3. The molecule has 1 aliphatic heterocycles. The van der Waals surface area contributed by atoms with Crippen molar-refractivity contribution in [2.75, 3.05) is 20.3 Å². The minimum absolute atomic E-state index is 0.225. The van der Waals surface area contributed by atoms with Gasteiger partial charge >= 0.3 is 0 Å². The van der Waals surface area contributed by atoms with Crippen molar-refractivity contribution in [2.45, 2.75) is 29.9 Å². The zero-order valence-electron chi connectivity index (χ0n) is 16.1. The van der Waals surface area contributed by atoms with Gasteiger partial charge in [-0.25, -0.2) is 4.98 Å². The van der Waals surface area contributed by atoms with Gasteiger partial charge in [0.1, 0.15) is 18.1 Å². The molecular weight excluding hydrogens is 410 g/mol. The second-order valence-corrected chi connectivity index (χ2v) is 8.07. The van der Waals surface area contributed by atoms with Crippen LogP contribution in [-0.4, -0.2) is 41.6 Å². The largest absolute Gasteiger partial charge is 0.496 e. The van der Waals surface area contributed by atoms with Crippen LogP contribution in [0.5, 0.6) is 11.5 Å². The average Bonchev–Trinajstić information content (AvgIpc) is 3.43. The number of hydrogen-bond donors (Lipinski definition) is 1. The molecular formula is C21H22ClN3O3S. The monoisotopic (exact) mass is 431 g/mol. The van der Waals surface area contributed by atoms with Crippen LogP contribution in [0.4, 0.5) is 0 Å². The zero-order valence-corrected chi connectivity index (χ0v) is 17.6. The van der Waals surface area contributed by atoms with Crippen LogP contribution >= 0.6 is 23.4 Å².